The van der Waals surface area contributed by atoms with Crippen LogP contribution < -0.4 is 0 Å². The molecule has 0 saturated carbocycles. The SMILES string of the molecule is CC(=O)OC1OC(CO[C@@H]2O[C@@H](O)[C@H](C)C(C)C2OC(C)=O)[C@@H](C)[C@H](C)C1OC(C)=O. The van der Waals surface area contributed by atoms with E-state index < -0.39 is 55.1 Å². The largest absolute Gasteiger partial charge is 0.457 e. The van der Waals surface area contributed by atoms with Gasteiger partial charge >= 0.3 is 17.9 Å². The molecule has 2 saturated heterocycles. The van der Waals surface area contributed by atoms with Crippen molar-refractivity contribution in [3.05, 3.63) is 0 Å². The molecule has 1 N–H and O–H groups in total. The number of aliphatic hydroxyl groups is 1. The summed E-state index contributed by atoms with van der Waals surface area (Å²) in [5, 5.41) is 10.2. The number of hydrogen-bond acceptors (Lipinski definition) is 10. The van der Waals surface area contributed by atoms with Gasteiger partial charge in [-0.1, -0.05) is 27.7 Å². The molecule has 31 heavy (non-hydrogen) atoms. The fourth-order valence-corrected chi connectivity index (χ4v) is 3.89. The minimum Gasteiger partial charge on any atom is -0.457 e. The first-order valence-electron chi connectivity index (χ1n) is 10.5. The first kappa shape index (κ1) is 25.5. The Morgan fingerprint density at radius 1 is 0.710 bits per heavy atom. The van der Waals surface area contributed by atoms with Gasteiger partial charge in [-0.3, -0.25) is 14.4 Å². The van der Waals surface area contributed by atoms with Crippen LogP contribution in [0.3, 0.4) is 0 Å². The second-order valence-corrected chi connectivity index (χ2v) is 8.47. The van der Waals surface area contributed by atoms with Gasteiger partial charge in [-0.05, 0) is 5.92 Å². The van der Waals surface area contributed by atoms with E-state index >= 15 is 0 Å². The molecule has 2 aliphatic rings. The third-order valence-electron chi connectivity index (χ3n) is 6.16. The van der Waals surface area contributed by atoms with Crippen LogP contribution in [-0.4, -0.2) is 66.8 Å². The van der Waals surface area contributed by atoms with Crippen LogP contribution in [-0.2, 0) is 42.8 Å². The highest BCUT2D eigenvalue weighted by atomic mass is 16.8. The van der Waals surface area contributed by atoms with Crippen LogP contribution in [0.1, 0.15) is 48.5 Å². The summed E-state index contributed by atoms with van der Waals surface area (Å²) in [6, 6.07) is 0. The highest BCUT2D eigenvalue weighted by Gasteiger charge is 2.47. The molecule has 2 aliphatic heterocycles. The molecule has 0 spiro atoms. The molecule has 2 rings (SSSR count). The Balaban J connectivity index is 2.12. The summed E-state index contributed by atoms with van der Waals surface area (Å²) in [6.07, 6.45) is -5.13. The summed E-state index contributed by atoms with van der Waals surface area (Å²) in [5.74, 6) is -2.34. The first-order chi connectivity index (χ1) is 14.4. The standard InChI is InChI=1S/C21H34O10/c1-9-10(2)18(28-14(6)23)21(29-15(7)24)30-16(9)8-26-20-17(27-13(5)22)11(3)12(4)19(25)31-20/h9-12,16-21,25H,8H2,1-7H3/t9-,10-,11?,12+,16?,17?,18?,19+,20+,21?/m0/s1. The van der Waals surface area contributed by atoms with Gasteiger partial charge in [0.05, 0.1) is 12.7 Å². The Morgan fingerprint density at radius 3 is 1.71 bits per heavy atom. The molecule has 10 heteroatoms. The second kappa shape index (κ2) is 10.7. The highest BCUT2D eigenvalue weighted by Crippen LogP contribution is 2.36. The number of ether oxygens (including phenoxy) is 6. The van der Waals surface area contributed by atoms with E-state index in [1.165, 1.54) is 20.8 Å². The lowest BCUT2D eigenvalue weighted by molar-refractivity contribution is -0.332. The normalized spacial score (nSPS) is 40.6. The van der Waals surface area contributed by atoms with Gasteiger partial charge in [0.1, 0.15) is 0 Å². The summed E-state index contributed by atoms with van der Waals surface area (Å²) in [5.41, 5.74) is 0. The highest BCUT2D eigenvalue weighted by molar-refractivity contribution is 5.67. The van der Waals surface area contributed by atoms with Crippen molar-refractivity contribution in [2.24, 2.45) is 23.7 Å². The average Bonchev–Trinajstić information content (AvgIpc) is 2.66. The number of aliphatic hydroxyl groups excluding tert-OH is 1. The predicted octanol–water partition coefficient (Wildman–Crippen LogP) is 1.37. The molecule has 0 amide bonds. The summed E-state index contributed by atoms with van der Waals surface area (Å²) < 4.78 is 33.3. The number of rotatable bonds is 6. The maximum absolute atomic E-state index is 11.6. The van der Waals surface area contributed by atoms with Crippen molar-refractivity contribution >= 4 is 17.9 Å². The first-order valence-corrected chi connectivity index (χ1v) is 10.5. The topological polar surface area (TPSA) is 127 Å². The van der Waals surface area contributed by atoms with Gasteiger partial charge in [0.15, 0.2) is 24.8 Å². The van der Waals surface area contributed by atoms with Gasteiger partial charge in [-0.25, -0.2) is 0 Å². The van der Waals surface area contributed by atoms with E-state index in [9.17, 15) is 19.5 Å². The molecule has 5 unspecified atom stereocenters. The number of carbonyl (C=O) groups is 3. The molecule has 0 radical (unpaired) electrons. The minimum absolute atomic E-state index is 0.0202. The van der Waals surface area contributed by atoms with Gasteiger partial charge in [0, 0.05) is 38.5 Å². The van der Waals surface area contributed by atoms with Gasteiger partial charge in [0.2, 0.25) is 6.29 Å². The number of hydrogen-bond donors (Lipinski definition) is 1. The van der Waals surface area contributed by atoms with E-state index in [1.807, 2.05) is 20.8 Å². The molecular weight excluding hydrogens is 412 g/mol. The fraction of sp³-hybridized carbons (Fsp3) is 0.857. The van der Waals surface area contributed by atoms with Crippen LogP contribution in [0, 0.1) is 23.7 Å². The third kappa shape index (κ3) is 6.38. The van der Waals surface area contributed by atoms with Crippen LogP contribution in [0.25, 0.3) is 0 Å². The van der Waals surface area contributed by atoms with Crippen LogP contribution in [0.15, 0.2) is 0 Å². The molecule has 0 bridgehead atoms. The van der Waals surface area contributed by atoms with Crippen LogP contribution in [0.2, 0.25) is 0 Å². The quantitative estimate of drug-likeness (QED) is 0.472. The van der Waals surface area contributed by atoms with Crippen molar-refractivity contribution in [3.8, 4) is 0 Å². The Labute approximate surface area is 182 Å². The van der Waals surface area contributed by atoms with Gasteiger partial charge in [-0.2, -0.15) is 0 Å². The van der Waals surface area contributed by atoms with E-state index in [0.29, 0.717) is 0 Å². The van der Waals surface area contributed by atoms with Crippen molar-refractivity contribution in [1.82, 2.24) is 0 Å². The smallest absolute Gasteiger partial charge is 0.305 e. The molecular formula is C21H34O10. The Hall–Kier alpha value is -1.75. The predicted molar refractivity (Wildman–Crippen MR) is 105 cm³/mol. The Morgan fingerprint density at radius 2 is 1.19 bits per heavy atom. The lowest BCUT2D eigenvalue weighted by Gasteiger charge is -2.45. The zero-order valence-electron chi connectivity index (χ0n) is 19.1. The Kier molecular flexibility index (Phi) is 8.82. The van der Waals surface area contributed by atoms with E-state index in [0.717, 1.165) is 0 Å². The molecule has 178 valence electrons. The van der Waals surface area contributed by atoms with E-state index in [-0.39, 0.29) is 30.3 Å². The zero-order chi connectivity index (χ0) is 23.5. The third-order valence-corrected chi connectivity index (χ3v) is 6.16. The summed E-state index contributed by atoms with van der Waals surface area (Å²) >= 11 is 0. The van der Waals surface area contributed by atoms with Gasteiger partial charge < -0.3 is 33.5 Å². The molecule has 0 aromatic heterocycles. The average molecular weight is 446 g/mol. The number of esters is 3. The fourth-order valence-electron chi connectivity index (χ4n) is 3.89. The molecule has 0 aliphatic carbocycles. The molecule has 0 aromatic carbocycles. The van der Waals surface area contributed by atoms with Crippen molar-refractivity contribution in [2.75, 3.05) is 6.61 Å². The van der Waals surface area contributed by atoms with Crippen LogP contribution >= 0.6 is 0 Å². The Bertz CT molecular complexity index is 652. The summed E-state index contributed by atoms with van der Waals surface area (Å²) in [4.78, 5) is 34.6. The van der Waals surface area contributed by atoms with Crippen LogP contribution in [0.5, 0.6) is 0 Å². The minimum atomic E-state index is -1.08. The monoisotopic (exact) mass is 446 g/mol. The maximum Gasteiger partial charge on any atom is 0.305 e. The van der Waals surface area contributed by atoms with Gasteiger partial charge in [0.25, 0.3) is 0 Å². The van der Waals surface area contributed by atoms with Crippen molar-refractivity contribution in [1.29, 1.82) is 0 Å². The molecule has 0 aromatic rings. The van der Waals surface area contributed by atoms with Crippen molar-refractivity contribution in [2.45, 2.75) is 85.6 Å². The van der Waals surface area contributed by atoms with E-state index in [4.69, 9.17) is 28.4 Å². The molecule has 10 atom stereocenters. The van der Waals surface area contributed by atoms with Crippen molar-refractivity contribution < 1.29 is 47.9 Å². The molecule has 10 nitrogen and oxygen atoms in total. The van der Waals surface area contributed by atoms with Crippen molar-refractivity contribution in [3.63, 3.8) is 0 Å². The zero-order valence-corrected chi connectivity index (χ0v) is 19.1. The second-order valence-electron chi connectivity index (χ2n) is 8.47. The van der Waals surface area contributed by atoms with E-state index in [1.54, 1.807) is 6.92 Å². The molecule has 2 heterocycles. The van der Waals surface area contributed by atoms with Gasteiger partial charge in [-0.15, -0.1) is 0 Å². The van der Waals surface area contributed by atoms with Crippen LogP contribution in [0.4, 0.5) is 0 Å². The number of carbonyl (C=O) groups excluding carboxylic acids is 3. The molecule has 2 fully saturated rings. The summed E-state index contributed by atoms with van der Waals surface area (Å²) in [6.45, 7) is 11.3. The van der Waals surface area contributed by atoms with E-state index in [2.05, 4.69) is 0 Å². The summed E-state index contributed by atoms with van der Waals surface area (Å²) in [7, 11) is 0. The lowest BCUT2D eigenvalue weighted by Crippen LogP contribution is -2.55. The maximum atomic E-state index is 11.6. The lowest BCUT2D eigenvalue weighted by atomic mass is 9.83.